The van der Waals surface area contributed by atoms with Crippen LogP contribution in [-0.2, 0) is 20.1 Å². The van der Waals surface area contributed by atoms with Crippen LogP contribution >= 0.6 is 0 Å². The Morgan fingerprint density at radius 1 is 1.36 bits per heavy atom. The van der Waals surface area contributed by atoms with Gasteiger partial charge in [-0.05, 0) is 37.5 Å². The predicted molar refractivity (Wildman–Crippen MR) is 88.2 cm³/mol. The van der Waals surface area contributed by atoms with Crippen molar-refractivity contribution in [2.75, 3.05) is 26.0 Å². The van der Waals surface area contributed by atoms with Crippen LogP contribution in [0.2, 0.25) is 6.04 Å². The lowest BCUT2D eigenvalue weighted by atomic mass is 10.1. The summed E-state index contributed by atoms with van der Waals surface area (Å²) in [7, 11) is -1.58. The summed E-state index contributed by atoms with van der Waals surface area (Å²) in [6, 6.07) is 7.95. The number of anilines is 1. The highest BCUT2D eigenvalue weighted by Crippen LogP contribution is 2.11. The number of hydrogen-bond donors (Lipinski definition) is 3. The summed E-state index contributed by atoms with van der Waals surface area (Å²) in [6.07, 6.45) is 1.74. The summed E-state index contributed by atoms with van der Waals surface area (Å²) in [4.78, 5) is 21.8. The molecule has 0 aliphatic heterocycles. The zero-order valence-corrected chi connectivity index (χ0v) is 14.3. The van der Waals surface area contributed by atoms with E-state index in [9.17, 15) is 9.59 Å². The minimum Gasteiger partial charge on any atom is -0.399 e. The number of nitrogens with two attached hydrogens (primary N) is 1. The number of carbonyl (C=O) groups is 1. The van der Waals surface area contributed by atoms with E-state index in [1.54, 1.807) is 0 Å². The maximum Gasteiger partial charge on any atom is 0.498 e. The minimum absolute atomic E-state index is 0.00384. The molecular formula is C15H26N2O4Si. The topological polar surface area (TPSA) is 93.8 Å². The van der Waals surface area contributed by atoms with Gasteiger partial charge in [0.15, 0.2) is 0 Å². The number of amides is 1. The van der Waals surface area contributed by atoms with Crippen LogP contribution in [0, 0.1) is 0 Å². The van der Waals surface area contributed by atoms with Gasteiger partial charge in [0.1, 0.15) is 0 Å². The van der Waals surface area contributed by atoms with Gasteiger partial charge in [-0.3, -0.25) is 4.79 Å². The summed E-state index contributed by atoms with van der Waals surface area (Å²) in [5, 5.41) is 2.84. The molecule has 1 rings (SSSR count). The summed E-state index contributed by atoms with van der Waals surface area (Å²) >= 11 is 0. The molecule has 1 aromatic rings. The van der Waals surface area contributed by atoms with Crippen molar-refractivity contribution in [3.63, 3.8) is 0 Å². The fourth-order valence-corrected chi connectivity index (χ4v) is 3.57. The van der Waals surface area contributed by atoms with Crippen LogP contribution in [-0.4, -0.2) is 39.8 Å². The Balaban J connectivity index is 2.19. The molecule has 6 nitrogen and oxygen atoms in total. The van der Waals surface area contributed by atoms with Crippen molar-refractivity contribution >= 4 is 20.4 Å². The van der Waals surface area contributed by atoms with Crippen LogP contribution in [0.15, 0.2) is 24.3 Å². The monoisotopic (exact) mass is 326 g/mol. The Morgan fingerprint density at radius 3 is 2.64 bits per heavy atom. The zero-order valence-electron chi connectivity index (χ0n) is 13.3. The largest absolute Gasteiger partial charge is 0.498 e. The van der Waals surface area contributed by atoms with Crippen LogP contribution < -0.4 is 11.1 Å². The molecule has 0 fully saturated rings. The Morgan fingerprint density at radius 2 is 2.05 bits per heavy atom. The van der Waals surface area contributed by atoms with E-state index in [2.05, 4.69) is 5.32 Å². The van der Waals surface area contributed by atoms with Gasteiger partial charge in [0.05, 0.1) is 0 Å². The number of rotatable bonds is 10. The van der Waals surface area contributed by atoms with E-state index < -0.39 is 8.80 Å². The molecule has 22 heavy (non-hydrogen) atoms. The third-order valence-corrected chi connectivity index (χ3v) is 5.66. The Bertz CT molecular complexity index is 455. The molecule has 0 aromatic heterocycles. The van der Waals surface area contributed by atoms with Gasteiger partial charge < -0.3 is 24.7 Å². The minimum atomic E-state index is -3.04. The second kappa shape index (κ2) is 9.57. The van der Waals surface area contributed by atoms with Crippen molar-refractivity contribution in [1.82, 2.24) is 5.32 Å². The fourth-order valence-electron chi connectivity index (χ4n) is 2.03. The van der Waals surface area contributed by atoms with Crippen molar-refractivity contribution in [2.45, 2.75) is 32.2 Å². The van der Waals surface area contributed by atoms with Crippen LogP contribution in [0.3, 0.4) is 0 Å². The normalized spacial score (nSPS) is 13.6. The van der Waals surface area contributed by atoms with Crippen molar-refractivity contribution < 1.29 is 18.4 Å². The van der Waals surface area contributed by atoms with Gasteiger partial charge in [0.25, 0.3) is 0 Å². The summed E-state index contributed by atoms with van der Waals surface area (Å²) in [6.45, 7) is 2.74. The first-order valence-corrected chi connectivity index (χ1v) is 9.49. The number of hydrogen-bond acceptors (Lipinski definition) is 5. The summed E-state index contributed by atoms with van der Waals surface area (Å²) in [5.74, 6) is -0.00384. The average molecular weight is 326 g/mol. The lowest BCUT2D eigenvalue weighted by Gasteiger charge is -2.21. The Hall–Kier alpha value is -1.41. The average Bonchev–Trinajstić information content (AvgIpc) is 2.51. The van der Waals surface area contributed by atoms with E-state index in [-0.39, 0.29) is 5.91 Å². The van der Waals surface area contributed by atoms with Crippen molar-refractivity contribution in [3.05, 3.63) is 29.8 Å². The first-order chi connectivity index (χ1) is 10.5. The zero-order chi connectivity index (χ0) is 16.4. The molecule has 0 spiro atoms. The first kappa shape index (κ1) is 18.6. The third kappa shape index (κ3) is 7.03. The van der Waals surface area contributed by atoms with Gasteiger partial charge in [0, 0.05) is 38.4 Å². The van der Waals surface area contributed by atoms with Crippen molar-refractivity contribution in [2.24, 2.45) is 0 Å². The Kier molecular flexibility index (Phi) is 8.11. The molecule has 1 amide bonds. The van der Waals surface area contributed by atoms with Crippen LogP contribution in [0.4, 0.5) is 5.69 Å². The van der Waals surface area contributed by atoms with Gasteiger partial charge >= 0.3 is 8.80 Å². The number of nitrogens with one attached hydrogen (secondary N) is 1. The molecule has 0 aliphatic rings. The predicted octanol–water partition coefficient (Wildman–Crippen LogP) is 1.32. The van der Waals surface area contributed by atoms with E-state index in [4.69, 9.17) is 14.6 Å². The van der Waals surface area contributed by atoms with Gasteiger partial charge in [-0.25, -0.2) is 0 Å². The fraction of sp³-hybridized carbons (Fsp3) is 0.533. The van der Waals surface area contributed by atoms with E-state index in [1.807, 2.05) is 31.2 Å². The highest BCUT2D eigenvalue weighted by atomic mass is 28.4. The molecule has 1 aromatic carbocycles. The Labute approximate surface area is 133 Å². The lowest BCUT2D eigenvalue weighted by molar-refractivity contribution is -0.121. The second-order valence-corrected chi connectivity index (χ2v) is 7.67. The van der Waals surface area contributed by atoms with Crippen LogP contribution in [0.5, 0.6) is 0 Å². The maximum absolute atomic E-state index is 11.8. The number of aryl methyl sites for hydroxylation is 1. The van der Waals surface area contributed by atoms with Crippen molar-refractivity contribution in [1.29, 1.82) is 0 Å². The third-order valence-electron chi connectivity index (χ3n) is 3.30. The molecular weight excluding hydrogens is 300 g/mol. The summed E-state index contributed by atoms with van der Waals surface area (Å²) < 4.78 is 10.3. The van der Waals surface area contributed by atoms with Crippen LogP contribution in [0.1, 0.15) is 25.3 Å². The molecule has 0 saturated carbocycles. The highest BCUT2D eigenvalue weighted by Gasteiger charge is 2.34. The van der Waals surface area contributed by atoms with E-state index >= 15 is 0 Å². The smallest absolute Gasteiger partial charge is 0.399 e. The standard InChI is InChI=1S/C15H26N2O4Si/c1-3-21-22(19,20-2)12-4-11-17-15(18)10-7-13-5-8-14(16)9-6-13/h5-6,8-9,19H,3-4,7,10-12,16H2,1-2H3,(H,17,18). The second-order valence-electron chi connectivity index (χ2n) is 5.04. The van der Waals surface area contributed by atoms with Gasteiger partial charge in [0.2, 0.25) is 5.91 Å². The molecule has 0 radical (unpaired) electrons. The molecule has 1 unspecified atom stereocenters. The van der Waals surface area contributed by atoms with Gasteiger partial charge in [-0.2, -0.15) is 0 Å². The van der Waals surface area contributed by atoms with E-state index in [0.717, 1.165) is 11.3 Å². The number of benzene rings is 1. The SMILES string of the molecule is CCO[Si](O)(CCCNC(=O)CCc1ccc(N)cc1)OC. The van der Waals surface area contributed by atoms with Crippen LogP contribution in [0.25, 0.3) is 0 Å². The molecule has 0 heterocycles. The lowest BCUT2D eigenvalue weighted by Crippen LogP contribution is -2.42. The number of nitrogen functional groups attached to an aromatic ring is 1. The summed E-state index contributed by atoms with van der Waals surface area (Å²) in [5.41, 5.74) is 7.42. The molecule has 1 atom stereocenters. The molecule has 0 aliphatic carbocycles. The highest BCUT2D eigenvalue weighted by molar-refractivity contribution is 6.59. The molecule has 0 saturated heterocycles. The first-order valence-electron chi connectivity index (χ1n) is 7.51. The quantitative estimate of drug-likeness (QED) is 0.342. The van der Waals surface area contributed by atoms with E-state index in [1.165, 1.54) is 7.11 Å². The molecule has 124 valence electrons. The van der Waals surface area contributed by atoms with Crippen molar-refractivity contribution in [3.8, 4) is 0 Å². The van der Waals surface area contributed by atoms with Gasteiger partial charge in [-0.1, -0.05) is 12.1 Å². The number of carbonyl (C=O) groups excluding carboxylic acids is 1. The molecule has 0 bridgehead atoms. The van der Waals surface area contributed by atoms with Gasteiger partial charge in [-0.15, -0.1) is 0 Å². The molecule has 4 N–H and O–H groups in total. The molecule has 7 heteroatoms. The maximum atomic E-state index is 11.8. The van der Waals surface area contributed by atoms with E-state index in [0.29, 0.717) is 38.5 Å².